The smallest absolute Gasteiger partial charge is 0.253 e. The van der Waals surface area contributed by atoms with Gasteiger partial charge in [0.05, 0.1) is 29.7 Å². The average molecular weight is 449 g/mol. The molecule has 1 saturated heterocycles. The Kier molecular flexibility index (Phi) is 7.59. The second-order valence-corrected chi connectivity index (χ2v) is 8.10. The fourth-order valence-electron chi connectivity index (χ4n) is 4.03. The monoisotopic (exact) mass is 448 g/mol. The van der Waals surface area contributed by atoms with Crippen LogP contribution in [0.5, 0.6) is 0 Å². The number of benzene rings is 1. The summed E-state index contributed by atoms with van der Waals surface area (Å²) in [7, 11) is 0. The molecule has 0 bridgehead atoms. The number of pyridine rings is 2. The van der Waals surface area contributed by atoms with Gasteiger partial charge in [-0.25, -0.2) is 9.37 Å². The number of aromatic nitrogens is 2. The number of rotatable bonds is 9. The maximum atomic E-state index is 13.4. The molecule has 172 valence electrons. The number of halogens is 1. The van der Waals surface area contributed by atoms with E-state index in [0.717, 1.165) is 55.1 Å². The molecule has 8 heteroatoms. The van der Waals surface area contributed by atoms with E-state index in [1.54, 1.807) is 24.4 Å². The summed E-state index contributed by atoms with van der Waals surface area (Å²) in [5.74, 6) is 0.438. The highest BCUT2D eigenvalue weighted by Gasteiger charge is 2.25. The Bertz CT molecular complexity index is 1070. The molecular weight excluding hydrogens is 419 g/mol. The molecule has 1 aromatic carbocycles. The van der Waals surface area contributed by atoms with Crippen molar-refractivity contribution in [3.8, 4) is 0 Å². The van der Waals surface area contributed by atoms with Crippen LogP contribution in [0.4, 0.5) is 10.2 Å². The summed E-state index contributed by atoms with van der Waals surface area (Å²) < 4.78 is 13.4. The van der Waals surface area contributed by atoms with Gasteiger partial charge in [0, 0.05) is 25.8 Å². The van der Waals surface area contributed by atoms with Crippen LogP contribution in [0.1, 0.15) is 40.2 Å². The lowest BCUT2D eigenvalue weighted by Crippen LogP contribution is -2.42. The molecule has 0 spiro atoms. The van der Waals surface area contributed by atoms with Crippen molar-refractivity contribution in [1.29, 1.82) is 0 Å². The van der Waals surface area contributed by atoms with Gasteiger partial charge in [0.2, 0.25) is 0 Å². The molecule has 0 radical (unpaired) electrons. The predicted molar refractivity (Wildman–Crippen MR) is 126 cm³/mol. The highest BCUT2D eigenvalue weighted by molar-refractivity contribution is 5.94. The Balaban J connectivity index is 1.30. The van der Waals surface area contributed by atoms with Crippen molar-refractivity contribution in [2.24, 2.45) is 5.73 Å². The summed E-state index contributed by atoms with van der Waals surface area (Å²) in [6.45, 7) is 2.35. The van der Waals surface area contributed by atoms with Crippen molar-refractivity contribution in [3.05, 3.63) is 89.1 Å². The summed E-state index contributed by atoms with van der Waals surface area (Å²) in [6.07, 6.45) is 4.62. The van der Waals surface area contributed by atoms with Gasteiger partial charge in [-0.05, 0) is 61.2 Å². The van der Waals surface area contributed by atoms with E-state index in [2.05, 4.69) is 25.5 Å². The van der Waals surface area contributed by atoms with Crippen molar-refractivity contribution < 1.29 is 9.18 Å². The van der Waals surface area contributed by atoms with E-state index in [-0.39, 0.29) is 17.9 Å². The van der Waals surface area contributed by atoms with Gasteiger partial charge < -0.3 is 16.0 Å². The number of nitrogens with one attached hydrogen (secondary N) is 2. The molecule has 7 nitrogen and oxygen atoms in total. The van der Waals surface area contributed by atoms with Gasteiger partial charge in [-0.15, -0.1) is 0 Å². The average Bonchev–Trinajstić information content (AvgIpc) is 3.31. The van der Waals surface area contributed by atoms with Crippen molar-refractivity contribution in [3.63, 3.8) is 0 Å². The number of nitrogens with two attached hydrogens (primary N) is 1. The van der Waals surface area contributed by atoms with Gasteiger partial charge in [0.1, 0.15) is 11.6 Å². The van der Waals surface area contributed by atoms with Crippen molar-refractivity contribution in [2.45, 2.75) is 38.5 Å². The second kappa shape index (κ2) is 11.0. The van der Waals surface area contributed by atoms with Crippen LogP contribution in [0.3, 0.4) is 0 Å². The first-order valence-electron chi connectivity index (χ1n) is 11.3. The molecule has 2 aromatic heterocycles. The van der Waals surface area contributed by atoms with Crippen LogP contribution < -0.4 is 21.3 Å². The lowest BCUT2D eigenvalue weighted by molar-refractivity contribution is 0.0950. The fraction of sp³-hybridized carbons (Fsp3) is 0.320. The van der Waals surface area contributed by atoms with E-state index in [0.29, 0.717) is 18.7 Å². The van der Waals surface area contributed by atoms with Gasteiger partial charge in [-0.1, -0.05) is 18.2 Å². The van der Waals surface area contributed by atoms with Gasteiger partial charge >= 0.3 is 0 Å². The predicted octanol–water partition coefficient (Wildman–Crippen LogP) is 2.76. The van der Waals surface area contributed by atoms with Crippen LogP contribution in [0.2, 0.25) is 0 Å². The minimum atomic E-state index is -0.205. The number of hydrogen-bond acceptors (Lipinski definition) is 6. The highest BCUT2D eigenvalue weighted by atomic mass is 19.1. The molecule has 4 rings (SSSR count). The Hall–Kier alpha value is -3.36. The topological polar surface area (TPSA) is 96.2 Å². The molecule has 0 aliphatic carbocycles. The quantitative estimate of drug-likeness (QED) is 0.466. The van der Waals surface area contributed by atoms with Gasteiger partial charge in [0.25, 0.3) is 5.91 Å². The summed E-state index contributed by atoms with van der Waals surface area (Å²) in [4.78, 5) is 23.7. The van der Waals surface area contributed by atoms with E-state index >= 15 is 0 Å². The molecule has 4 N–H and O–H groups in total. The van der Waals surface area contributed by atoms with Crippen LogP contribution in [-0.2, 0) is 19.5 Å². The maximum Gasteiger partial charge on any atom is 0.253 e. The summed E-state index contributed by atoms with van der Waals surface area (Å²) in [6, 6.07) is 16.0. The molecule has 0 saturated carbocycles. The Morgan fingerprint density at radius 3 is 2.79 bits per heavy atom. The molecule has 1 fully saturated rings. The molecule has 3 heterocycles. The van der Waals surface area contributed by atoms with E-state index in [1.165, 1.54) is 6.07 Å². The Morgan fingerprint density at radius 2 is 2.00 bits per heavy atom. The third-order valence-electron chi connectivity index (χ3n) is 5.74. The fourth-order valence-corrected chi connectivity index (χ4v) is 4.03. The zero-order valence-electron chi connectivity index (χ0n) is 18.5. The number of hydrogen-bond donors (Lipinski definition) is 3. The van der Waals surface area contributed by atoms with E-state index in [1.807, 2.05) is 30.3 Å². The first kappa shape index (κ1) is 22.8. The van der Waals surface area contributed by atoms with Crippen LogP contribution in [0.25, 0.3) is 0 Å². The lowest BCUT2D eigenvalue weighted by Gasteiger charge is -2.26. The molecule has 1 amide bonds. The standard InChI is InChI=1S/C25H29FN6O/c26-20-5-1-4-18(14-20)11-12-28-23-8-3-13-32(23)24-10-9-19(16-29-24)25(33)30-17-22-7-2-6-21(15-27)31-22/h1-2,4-7,9-10,14,16,23,28H,3,8,11-13,15,17,27H2,(H,30,33). The second-order valence-electron chi connectivity index (χ2n) is 8.10. The van der Waals surface area contributed by atoms with Crippen LogP contribution in [0, 0.1) is 5.82 Å². The normalized spacial score (nSPS) is 15.6. The van der Waals surface area contributed by atoms with Crippen molar-refractivity contribution >= 4 is 11.7 Å². The molecule has 33 heavy (non-hydrogen) atoms. The molecule has 1 unspecified atom stereocenters. The lowest BCUT2D eigenvalue weighted by atomic mass is 10.1. The molecule has 1 aliphatic heterocycles. The number of carbonyl (C=O) groups excluding carboxylic acids is 1. The molecule has 3 aromatic rings. The summed E-state index contributed by atoms with van der Waals surface area (Å²) >= 11 is 0. The third-order valence-corrected chi connectivity index (χ3v) is 5.74. The maximum absolute atomic E-state index is 13.4. The summed E-state index contributed by atoms with van der Waals surface area (Å²) in [5, 5.41) is 6.43. The first-order valence-corrected chi connectivity index (χ1v) is 11.3. The Labute approximate surface area is 193 Å². The highest BCUT2D eigenvalue weighted by Crippen LogP contribution is 2.22. The molecular formula is C25H29FN6O. The zero-order valence-corrected chi connectivity index (χ0v) is 18.5. The number of anilines is 1. The largest absolute Gasteiger partial charge is 0.346 e. The van der Waals surface area contributed by atoms with E-state index in [9.17, 15) is 9.18 Å². The number of carbonyl (C=O) groups is 1. The zero-order chi connectivity index (χ0) is 23.0. The van der Waals surface area contributed by atoms with Crippen molar-refractivity contribution in [1.82, 2.24) is 20.6 Å². The number of amides is 1. The minimum Gasteiger partial charge on any atom is -0.346 e. The van der Waals surface area contributed by atoms with E-state index < -0.39 is 0 Å². The minimum absolute atomic E-state index is 0.173. The molecule has 1 atom stereocenters. The van der Waals surface area contributed by atoms with E-state index in [4.69, 9.17) is 5.73 Å². The summed E-state index contributed by atoms with van der Waals surface area (Å²) in [5.41, 5.74) is 8.65. The third kappa shape index (κ3) is 6.12. The SMILES string of the molecule is NCc1cccc(CNC(=O)c2ccc(N3CCCC3NCCc3cccc(F)c3)nc2)n1. The van der Waals surface area contributed by atoms with Crippen LogP contribution in [-0.4, -0.2) is 35.1 Å². The van der Waals surface area contributed by atoms with Crippen molar-refractivity contribution in [2.75, 3.05) is 18.0 Å². The first-order chi connectivity index (χ1) is 16.1. The Morgan fingerprint density at radius 1 is 1.15 bits per heavy atom. The van der Waals surface area contributed by atoms with Gasteiger partial charge in [-0.2, -0.15) is 0 Å². The van der Waals surface area contributed by atoms with Crippen LogP contribution >= 0.6 is 0 Å². The van der Waals surface area contributed by atoms with Crippen LogP contribution in [0.15, 0.2) is 60.8 Å². The molecule has 1 aliphatic rings. The van der Waals surface area contributed by atoms with Gasteiger partial charge in [0.15, 0.2) is 0 Å². The van der Waals surface area contributed by atoms with Gasteiger partial charge in [-0.3, -0.25) is 15.1 Å². The number of nitrogens with zero attached hydrogens (tertiary/aromatic N) is 3.